The summed E-state index contributed by atoms with van der Waals surface area (Å²) in [5.74, 6) is -1.10. The molecule has 0 radical (unpaired) electrons. The van der Waals surface area contributed by atoms with Gasteiger partial charge in [-0.15, -0.1) is 11.3 Å². The summed E-state index contributed by atoms with van der Waals surface area (Å²) in [5.41, 5.74) is 3.53. The predicted octanol–water partition coefficient (Wildman–Crippen LogP) is 4.02. The number of aromatic nitrogens is 1. The van der Waals surface area contributed by atoms with E-state index in [4.69, 9.17) is 5.11 Å². The Bertz CT molecular complexity index is 860. The number of carboxylic acids is 1. The van der Waals surface area contributed by atoms with Crippen molar-refractivity contribution in [2.24, 2.45) is 0 Å². The summed E-state index contributed by atoms with van der Waals surface area (Å²) in [5, 5.41) is 10.9. The number of hydrogen-bond acceptors (Lipinski definition) is 3. The maximum absolute atomic E-state index is 12.5. The highest BCUT2D eigenvalue weighted by atomic mass is 32.1. The van der Waals surface area contributed by atoms with Crippen molar-refractivity contribution >= 4 is 28.6 Å². The smallest absolute Gasteiger partial charge is 0.303 e. The molecule has 5 heteroatoms. The first-order valence-corrected chi connectivity index (χ1v) is 7.85. The summed E-state index contributed by atoms with van der Waals surface area (Å²) >= 11 is 1.59. The van der Waals surface area contributed by atoms with Crippen molar-refractivity contribution in [3.63, 3.8) is 0 Å². The third kappa shape index (κ3) is 2.67. The third-order valence-corrected chi connectivity index (χ3v) is 4.59. The molecule has 0 fully saturated rings. The minimum atomic E-state index is -0.956. The average Bonchev–Trinajstić information content (AvgIpc) is 3.08. The molecule has 3 heterocycles. The Morgan fingerprint density at radius 3 is 2.73 bits per heavy atom. The lowest BCUT2D eigenvalue weighted by atomic mass is 10.1. The monoisotopic (exact) mass is 313 g/mol. The van der Waals surface area contributed by atoms with E-state index in [0.717, 1.165) is 21.5 Å². The molecule has 112 valence electrons. The van der Waals surface area contributed by atoms with E-state index < -0.39 is 5.97 Å². The lowest BCUT2D eigenvalue weighted by molar-refractivity contribution is -0.136. The molecule has 0 aromatic carbocycles. The minimum absolute atomic E-state index is 0.00764. The number of carbonyl (C=O) groups excluding carboxylic acids is 1. The molecule has 0 aliphatic carbocycles. The maximum Gasteiger partial charge on any atom is 0.303 e. The second kappa shape index (κ2) is 5.77. The van der Waals surface area contributed by atoms with Gasteiger partial charge >= 0.3 is 5.97 Å². The molecule has 22 heavy (non-hydrogen) atoms. The number of carboxylic acid groups (broad SMARTS) is 1. The quantitative estimate of drug-likeness (QED) is 0.724. The Labute approximate surface area is 131 Å². The Morgan fingerprint density at radius 2 is 2.05 bits per heavy atom. The molecule has 0 amide bonds. The van der Waals surface area contributed by atoms with Gasteiger partial charge in [-0.1, -0.05) is 6.07 Å². The number of rotatable bonds is 5. The van der Waals surface area contributed by atoms with Crippen LogP contribution in [0.4, 0.5) is 0 Å². The first-order valence-electron chi connectivity index (χ1n) is 6.97. The van der Waals surface area contributed by atoms with E-state index in [1.807, 2.05) is 53.2 Å². The van der Waals surface area contributed by atoms with Gasteiger partial charge in [0.1, 0.15) is 0 Å². The molecule has 3 aromatic heterocycles. The molecule has 0 aliphatic rings. The SMILES string of the molecule is Cc1csc(-c2cc3ccccn3c2C(=O)CCC(=O)O)c1. The molecule has 1 N–H and O–H groups in total. The normalized spacial score (nSPS) is 11.0. The zero-order valence-electron chi connectivity index (χ0n) is 12.1. The lowest BCUT2D eigenvalue weighted by Crippen LogP contribution is -2.07. The van der Waals surface area contributed by atoms with Crippen LogP contribution in [0, 0.1) is 6.92 Å². The number of fused-ring (bicyclic) bond motifs is 1. The van der Waals surface area contributed by atoms with Crippen molar-refractivity contribution in [2.75, 3.05) is 0 Å². The van der Waals surface area contributed by atoms with Crippen LogP contribution in [-0.2, 0) is 4.79 Å². The summed E-state index contributed by atoms with van der Waals surface area (Å²) in [6.07, 6.45) is 1.70. The van der Waals surface area contributed by atoms with Gasteiger partial charge in [-0.25, -0.2) is 0 Å². The second-order valence-electron chi connectivity index (χ2n) is 5.21. The van der Waals surface area contributed by atoms with Crippen LogP contribution in [0.5, 0.6) is 0 Å². The molecule has 3 aromatic rings. The topological polar surface area (TPSA) is 58.8 Å². The molecule has 0 aliphatic heterocycles. The van der Waals surface area contributed by atoms with E-state index in [1.165, 1.54) is 0 Å². The number of ketones is 1. The van der Waals surface area contributed by atoms with Crippen LogP contribution in [0.15, 0.2) is 41.9 Å². The molecule has 4 nitrogen and oxygen atoms in total. The number of thiophene rings is 1. The second-order valence-corrected chi connectivity index (χ2v) is 6.12. The molecule has 0 unspecified atom stereocenters. The Kier molecular flexibility index (Phi) is 3.81. The van der Waals surface area contributed by atoms with Crippen molar-refractivity contribution in [3.05, 3.63) is 53.2 Å². The van der Waals surface area contributed by atoms with Crippen molar-refractivity contribution in [1.82, 2.24) is 4.40 Å². The average molecular weight is 313 g/mol. The summed E-state index contributed by atoms with van der Waals surface area (Å²) in [6, 6.07) is 9.76. The van der Waals surface area contributed by atoms with Crippen LogP contribution in [-0.4, -0.2) is 21.3 Å². The summed E-state index contributed by atoms with van der Waals surface area (Å²) < 4.78 is 1.84. The van der Waals surface area contributed by atoms with Crippen molar-refractivity contribution in [1.29, 1.82) is 0 Å². The van der Waals surface area contributed by atoms with Crippen LogP contribution in [0.3, 0.4) is 0 Å². The van der Waals surface area contributed by atoms with Gasteiger partial charge in [0.25, 0.3) is 0 Å². The summed E-state index contributed by atoms with van der Waals surface area (Å²) in [7, 11) is 0. The highest BCUT2D eigenvalue weighted by molar-refractivity contribution is 7.13. The minimum Gasteiger partial charge on any atom is -0.481 e. The van der Waals surface area contributed by atoms with E-state index in [1.54, 1.807) is 11.3 Å². The number of hydrogen-bond donors (Lipinski definition) is 1. The first kappa shape index (κ1) is 14.5. The Hall–Kier alpha value is -2.40. The summed E-state index contributed by atoms with van der Waals surface area (Å²) in [4.78, 5) is 24.3. The van der Waals surface area contributed by atoms with Crippen LogP contribution in [0.1, 0.15) is 28.9 Å². The zero-order valence-corrected chi connectivity index (χ0v) is 12.9. The zero-order chi connectivity index (χ0) is 15.7. The summed E-state index contributed by atoms with van der Waals surface area (Å²) in [6.45, 7) is 2.02. The van der Waals surface area contributed by atoms with Gasteiger partial charge in [0.15, 0.2) is 5.78 Å². The molecule has 0 spiro atoms. The van der Waals surface area contributed by atoms with E-state index in [2.05, 4.69) is 0 Å². The first-order chi connectivity index (χ1) is 10.6. The number of Topliss-reactive ketones (excluding diaryl/α,β-unsaturated/α-hetero) is 1. The molecule has 0 saturated heterocycles. The molecular weight excluding hydrogens is 298 g/mol. The standard InChI is InChI=1S/C17H15NO3S/c1-11-8-15(22-10-11)13-9-12-4-2-3-7-18(12)17(13)14(19)5-6-16(20)21/h2-4,7-10H,5-6H2,1H3,(H,20,21). The van der Waals surface area contributed by atoms with Crippen LogP contribution in [0.2, 0.25) is 0 Å². The number of carbonyl (C=O) groups is 2. The van der Waals surface area contributed by atoms with E-state index >= 15 is 0 Å². The number of nitrogens with zero attached hydrogens (tertiary/aromatic N) is 1. The fourth-order valence-electron chi connectivity index (χ4n) is 2.51. The Balaban J connectivity index is 2.13. The van der Waals surface area contributed by atoms with Gasteiger partial charge in [-0.2, -0.15) is 0 Å². The van der Waals surface area contributed by atoms with Gasteiger partial charge in [0, 0.05) is 28.6 Å². The van der Waals surface area contributed by atoms with Crippen molar-refractivity contribution in [2.45, 2.75) is 19.8 Å². The molecule has 0 saturated carbocycles. The number of pyridine rings is 1. The van der Waals surface area contributed by atoms with Gasteiger partial charge < -0.3 is 9.51 Å². The van der Waals surface area contributed by atoms with Gasteiger partial charge in [0.2, 0.25) is 0 Å². The van der Waals surface area contributed by atoms with E-state index in [0.29, 0.717) is 5.69 Å². The number of aliphatic carboxylic acids is 1. The lowest BCUT2D eigenvalue weighted by Gasteiger charge is -2.04. The van der Waals surface area contributed by atoms with E-state index in [9.17, 15) is 9.59 Å². The Morgan fingerprint density at radius 1 is 1.23 bits per heavy atom. The highest BCUT2D eigenvalue weighted by Crippen LogP contribution is 2.33. The van der Waals surface area contributed by atoms with Gasteiger partial charge in [-0.3, -0.25) is 9.59 Å². The highest BCUT2D eigenvalue weighted by Gasteiger charge is 2.20. The fourth-order valence-corrected chi connectivity index (χ4v) is 3.42. The van der Waals surface area contributed by atoms with E-state index in [-0.39, 0.29) is 18.6 Å². The predicted molar refractivity (Wildman–Crippen MR) is 86.6 cm³/mol. The molecule has 0 bridgehead atoms. The number of aryl methyl sites for hydroxylation is 1. The van der Waals surface area contributed by atoms with Gasteiger partial charge in [-0.05, 0) is 42.1 Å². The maximum atomic E-state index is 12.5. The van der Waals surface area contributed by atoms with Crippen molar-refractivity contribution < 1.29 is 14.7 Å². The van der Waals surface area contributed by atoms with Crippen LogP contribution in [0.25, 0.3) is 16.0 Å². The van der Waals surface area contributed by atoms with Crippen LogP contribution >= 0.6 is 11.3 Å². The van der Waals surface area contributed by atoms with Crippen molar-refractivity contribution in [3.8, 4) is 10.4 Å². The molecular formula is C17H15NO3S. The molecule has 0 atom stereocenters. The van der Waals surface area contributed by atoms with Crippen LogP contribution < -0.4 is 0 Å². The third-order valence-electron chi connectivity index (χ3n) is 3.51. The largest absolute Gasteiger partial charge is 0.481 e. The molecule has 3 rings (SSSR count). The fraction of sp³-hybridized carbons (Fsp3) is 0.176. The van der Waals surface area contributed by atoms with Gasteiger partial charge in [0.05, 0.1) is 12.1 Å².